The highest BCUT2D eigenvalue weighted by Crippen LogP contribution is 2.46. The molecule has 3 aliphatic rings. The molecule has 7 nitrogen and oxygen atoms in total. The molecule has 33 heavy (non-hydrogen) atoms. The van der Waals surface area contributed by atoms with Crippen molar-refractivity contribution in [2.45, 2.75) is 58.6 Å². The molecule has 0 bridgehead atoms. The molecule has 7 heteroatoms. The number of anilines is 1. The van der Waals surface area contributed by atoms with E-state index in [2.05, 4.69) is 11.8 Å². The smallest absolute Gasteiger partial charge is 0.313 e. The van der Waals surface area contributed by atoms with Crippen LogP contribution in [-0.2, 0) is 22.7 Å². The molecule has 3 aliphatic heterocycles. The molecule has 0 saturated carbocycles. The number of aromatic nitrogens is 2. The highest BCUT2D eigenvalue weighted by Gasteiger charge is 2.36. The molecular weight excluding hydrogens is 416 g/mol. The zero-order valence-electron chi connectivity index (χ0n) is 18.9. The number of esters is 1. The van der Waals surface area contributed by atoms with Crippen LogP contribution in [0, 0.1) is 0 Å². The first-order valence-electron chi connectivity index (χ1n) is 11.8. The number of unbranched alkanes of at least 4 members (excludes halogenated alkanes) is 2. The predicted octanol–water partition coefficient (Wildman–Crippen LogP) is 4.65. The van der Waals surface area contributed by atoms with Crippen LogP contribution in [0.4, 0.5) is 11.4 Å². The molecule has 0 radical (unpaired) electrons. The molecule has 1 atom stereocenters. The number of benzene rings is 1. The topological polar surface area (TPSA) is 76.8 Å². The average Bonchev–Trinajstić information content (AvgIpc) is 3.19. The maximum atomic E-state index is 13.5. The summed E-state index contributed by atoms with van der Waals surface area (Å²) in [5, 5.41) is 1.05. The van der Waals surface area contributed by atoms with E-state index in [0.717, 1.165) is 70.6 Å². The molecule has 0 saturated heterocycles. The van der Waals surface area contributed by atoms with Crippen molar-refractivity contribution in [3.8, 4) is 11.4 Å². The fraction of sp³-hybridized carbons (Fsp3) is 0.385. The SMILES string of the molecule is CCCCCN1C=Nc2cccc3nc4c(c1c23)Cn1c-4cc2c(c1=O)COC(=O)C2CC. The van der Waals surface area contributed by atoms with Crippen LogP contribution in [-0.4, -0.2) is 28.4 Å². The summed E-state index contributed by atoms with van der Waals surface area (Å²) in [6, 6.07) is 8.01. The molecule has 3 aromatic rings. The third-order valence-electron chi connectivity index (χ3n) is 7.11. The van der Waals surface area contributed by atoms with E-state index in [0.29, 0.717) is 18.5 Å². The van der Waals surface area contributed by atoms with E-state index in [-0.39, 0.29) is 18.1 Å². The normalized spacial score (nSPS) is 17.7. The molecule has 168 valence electrons. The van der Waals surface area contributed by atoms with Gasteiger partial charge in [-0.2, -0.15) is 0 Å². The second kappa shape index (κ2) is 7.54. The maximum Gasteiger partial charge on any atom is 0.313 e. The Labute approximate surface area is 191 Å². The van der Waals surface area contributed by atoms with Crippen molar-refractivity contribution in [2.24, 2.45) is 4.99 Å². The summed E-state index contributed by atoms with van der Waals surface area (Å²) in [6.07, 6.45) is 5.90. The van der Waals surface area contributed by atoms with E-state index in [4.69, 9.17) is 14.7 Å². The number of pyridine rings is 2. The van der Waals surface area contributed by atoms with Crippen LogP contribution >= 0.6 is 0 Å². The van der Waals surface area contributed by atoms with Gasteiger partial charge in [-0.05, 0) is 36.6 Å². The zero-order chi connectivity index (χ0) is 22.7. The number of cyclic esters (lactones) is 1. The number of rotatable bonds is 5. The Morgan fingerprint density at radius 1 is 1.15 bits per heavy atom. The Kier molecular flexibility index (Phi) is 4.60. The van der Waals surface area contributed by atoms with E-state index < -0.39 is 5.92 Å². The fourth-order valence-corrected chi connectivity index (χ4v) is 5.43. The molecule has 1 aromatic carbocycles. The van der Waals surface area contributed by atoms with Gasteiger partial charge in [0.2, 0.25) is 0 Å². The minimum absolute atomic E-state index is 0.0440. The second-order valence-electron chi connectivity index (χ2n) is 9.03. The number of hydrogen-bond donors (Lipinski definition) is 0. The molecule has 0 N–H and O–H groups in total. The quantitative estimate of drug-likeness (QED) is 0.332. The van der Waals surface area contributed by atoms with Crippen LogP contribution < -0.4 is 10.5 Å². The first-order chi connectivity index (χ1) is 16.1. The van der Waals surface area contributed by atoms with E-state index >= 15 is 0 Å². The van der Waals surface area contributed by atoms with Gasteiger partial charge >= 0.3 is 5.97 Å². The second-order valence-corrected chi connectivity index (χ2v) is 9.03. The van der Waals surface area contributed by atoms with Gasteiger partial charge in [0, 0.05) is 12.1 Å². The number of fused-ring (bicyclic) bond motifs is 5. The van der Waals surface area contributed by atoms with E-state index in [9.17, 15) is 9.59 Å². The molecule has 1 unspecified atom stereocenters. The lowest BCUT2D eigenvalue weighted by Gasteiger charge is -2.27. The van der Waals surface area contributed by atoms with Gasteiger partial charge < -0.3 is 14.2 Å². The number of hydrogen-bond acceptors (Lipinski definition) is 6. The number of ether oxygens (including phenoxy) is 1. The van der Waals surface area contributed by atoms with Gasteiger partial charge in [-0.25, -0.2) is 9.98 Å². The molecular formula is C26H26N4O3. The Hall–Kier alpha value is -3.48. The lowest BCUT2D eigenvalue weighted by molar-refractivity contribution is -0.148. The summed E-state index contributed by atoms with van der Waals surface area (Å²) in [7, 11) is 0. The summed E-state index contributed by atoms with van der Waals surface area (Å²) >= 11 is 0. The summed E-state index contributed by atoms with van der Waals surface area (Å²) in [4.78, 5) is 37.8. The number of carbonyl (C=O) groups excluding carboxylic acids is 1. The summed E-state index contributed by atoms with van der Waals surface area (Å²) in [5.41, 5.74) is 6.89. The van der Waals surface area contributed by atoms with Crippen LogP contribution in [0.5, 0.6) is 0 Å². The van der Waals surface area contributed by atoms with Crippen molar-refractivity contribution in [2.75, 3.05) is 11.4 Å². The number of aliphatic imine (C=N–C) groups is 1. The van der Waals surface area contributed by atoms with Crippen LogP contribution in [0.25, 0.3) is 22.3 Å². The number of nitrogens with zero attached hydrogens (tertiary/aromatic N) is 4. The van der Waals surface area contributed by atoms with Crippen LogP contribution in [0.2, 0.25) is 0 Å². The van der Waals surface area contributed by atoms with Crippen molar-refractivity contribution in [1.82, 2.24) is 9.55 Å². The van der Waals surface area contributed by atoms with Gasteiger partial charge in [0.05, 0.1) is 58.0 Å². The fourth-order valence-electron chi connectivity index (χ4n) is 5.43. The van der Waals surface area contributed by atoms with Crippen LogP contribution in [0.1, 0.15) is 62.1 Å². The Bertz CT molecular complexity index is 1410. The lowest BCUT2D eigenvalue weighted by Crippen LogP contribution is -2.32. The molecule has 0 fully saturated rings. The first kappa shape index (κ1) is 20.1. The van der Waals surface area contributed by atoms with Gasteiger partial charge in [0.1, 0.15) is 6.61 Å². The van der Waals surface area contributed by atoms with Crippen molar-refractivity contribution in [3.05, 3.63) is 51.3 Å². The zero-order valence-corrected chi connectivity index (χ0v) is 18.9. The largest absolute Gasteiger partial charge is 0.460 e. The monoisotopic (exact) mass is 442 g/mol. The highest BCUT2D eigenvalue weighted by atomic mass is 16.5. The van der Waals surface area contributed by atoms with Gasteiger partial charge in [-0.1, -0.05) is 32.8 Å². The first-order valence-corrected chi connectivity index (χ1v) is 11.8. The summed E-state index contributed by atoms with van der Waals surface area (Å²) in [5.74, 6) is -0.656. The molecule has 0 spiro atoms. The molecule has 0 amide bonds. The van der Waals surface area contributed by atoms with Gasteiger partial charge in [-0.3, -0.25) is 9.59 Å². The third-order valence-corrected chi connectivity index (χ3v) is 7.11. The highest BCUT2D eigenvalue weighted by molar-refractivity contribution is 6.11. The van der Waals surface area contributed by atoms with E-state index in [1.807, 2.05) is 37.5 Å². The Morgan fingerprint density at radius 2 is 2.03 bits per heavy atom. The van der Waals surface area contributed by atoms with Gasteiger partial charge in [-0.15, -0.1) is 0 Å². The Balaban J connectivity index is 1.58. The third kappa shape index (κ3) is 2.88. The van der Waals surface area contributed by atoms with Crippen LogP contribution in [0.3, 0.4) is 0 Å². The molecule has 0 aliphatic carbocycles. The minimum Gasteiger partial charge on any atom is -0.460 e. The predicted molar refractivity (Wildman–Crippen MR) is 128 cm³/mol. The van der Waals surface area contributed by atoms with Crippen molar-refractivity contribution >= 4 is 34.6 Å². The standard InChI is InChI=1S/C26H26N4O3/c1-3-5-6-10-29-14-27-19-8-7-9-20-22(19)24(29)17-12-30-21(23(17)28-20)11-16-15(4-2)26(32)33-13-18(16)25(30)31/h7-9,11,14-15H,3-6,10,12-13H2,1-2H3. The average molecular weight is 443 g/mol. The Morgan fingerprint density at radius 3 is 2.85 bits per heavy atom. The number of carbonyl (C=O) groups is 1. The molecule has 2 aromatic heterocycles. The lowest BCUT2D eigenvalue weighted by atomic mass is 9.90. The summed E-state index contributed by atoms with van der Waals surface area (Å²) < 4.78 is 7.14. The van der Waals surface area contributed by atoms with E-state index in [1.165, 1.54) is 0 Å². The van der Waals surface area contributed by atoms with Gasteiger partial charge in [0.15, 0.2) is 0 Å². The molecule has 5 heterocycles. The molecule has 6 rings (SSSR count). The van der Waals surface area contributed by atoms with Crippen molar-refractivity contribution in [1.29, 1.82) is 0 Å². The maximum absolute atomic E-state index is 13.5. The van der Waals surface area contributed by atoms with Crippen LogP contribution in [0.15, 0.2) is 34.1 Å². The minimum atomic E-state index is -0.403. The van der Waals surface area contributed by atoms with Gasteiger partial charge in [0.25, 0.3) is 5.56 Å². The van der Waals surface area contributed by atoms with Crippen molar-refractivity contribution < 1.29 is 9.53 Å². The summed E-state index contributed by atoms with van der Waals surface area (Å²) in [6.45, 7) is 5.53. The van der Waals surface area contributed by atoms with E-state index in [1.54, 1.807) is 4.57 Å². The van der Waals surface area contributed by atoms with Crippen molar-refractivity contribution in [3.63, 3.8) is 0 Å².